The molecule has 26 heavy (non-hydrogen) atoms. The molecule has 4 nitrogen and oxygen atoms in total. The van der Waals surface area contributed by atoms with Crippen molar-refractivity contribution in [3.05, 3.63) is 23.7 Å². The lowest BCUT2D eigenvalue weighted by Gasteiger charge is -2.55. The molecule has 1 atom stereocenters. The summed E-state index contributed by atoms with van der Waals surface area (Å²) in [5.41, 5.74) is -0.0522. The monoisotopic (exact) mass is 356 g/mol. The Morgan fingerprint density at radius 1 is 1.15 bits per heavy atom. The van der Waals surface area contributed by atoms with E-state index in [0.29, 0.717) is 12.5 Å². The van der Waals surface area contributed by atoms with Crippen LogP contribution in [-0.2, 0) is 4.79 Å². The first-order valence-electron chi connectivity index (χ1n) is 10.7. The van der Waals surface area contributed by atoms with E-state index in [1.54, 1.807) is 0 Å². The van der Waals surface area contributed by atoms with Gasteiger partial charge in [0.05, 0.1) is 6.04 Å². The van der Waals surface area contributed by atoms with Gasteiger partial charge in [-0.2, -0.15) is 0 Å². The van der Waals surface area contributed by atoms with Gasteiger partial charge in [0.25, 0.3) is 0 Å². The summed E-state index contributed by atoms with van der Waals surface area (Å²) in [4.78, 5) is 15.8. The second-order valence-electron chi connectivity index (χ2n) is 9.62. The number of likely N-dealkylation sites (tertiary alicyclic amines) is 1. The third-order valence-corrected chi connectivity index (χ3v) is 7.65. The van der Waals surface area contributed by atoms with Gasteiger partial charge in [0.2, 0.25) is 5.91 Å². The molecular weight excluding hydrogens is 324 g/mol. The Morgan fingerprint density at radius 2 is 1.77 bits per heavy atom. The first kappa shape index (κ1) is 16.9. The second-order valence-corrected chi connectivity index (χ2v) is 9.62. The van der Waals surface area contributed by atoms with E-state index in [2.05, 4.69) is 16.3 Å². The summed E-state index contributed by atoms with van der Waals surface area (Å²) in [7, 11) is 0. The van der Waals surface area contributed by atoms with Gasteiger partial charge in [0.15, 0.2) is 0 Å². The third kappa shape index (κ3) is 2.90. The molecule has 1 saturated heterocycles. The minimum Gasteiger partial charge on any atom is -0.465 e. The molecule has 4 bridgehead atoms. The van der Waals surface area contributed by atoms with E-state index in [4.69, 9.17) is 4.42 Å². The Hall–Kier alpha value is -1.29. The van der Waals surface area contributed by atoms with Crippen LogP contribution < -0.4 is 5.32 Å². The van der Waals surface area contributed by atoms with Crippen molar-refractivity contribution in [1.82, 2.24) is 10.2 Å². The van der Waals surface area contributed by atoms with Gasteiger partial charge >= 0.3 is 0 Å². The predicted octanol–water partition coefficient (Wildman–Crippen LogP) is 4.06. The average Bonchev–Trinajstić information content (AvgIpc) is 3.26. The van der Waals surface area contributed by atoms with Crippen LogP contribution in [0.25, 0.3) is 0 Å². The number of furan rings is 1. The normalized spacial score (nSPS) is 37.2. The molecule has 0 spiro atoms. The Bertz CT molecular complexity index is 638. The molecule has 1 aliphatic heterocycles. The van der Waals surface area contributed by atoms with Gasteiger partial charge in [-0.15, -0.1) is 0 Å². The number of amides is 1. The number of hydrogen-bond acceptors (Lipinski definition) is 3. The van der Waals surface area contributed by atoms with Crippen LogP contribution in [0.3, 0.4) is 0 Å². The molecule has 1 N–H and O–H groups in total. The zero-order valence-electron chi connectivity index (χ0n) is 16.0. The van der Waals surface area contributed by atoms with Crippen molar-refractivity contribution in [2.24, 2.45) is 23.2 Å². The van der Waals surface area contributed by atoms with E-state index in [-0.39, 0.29) is 11.5 Å². The molecule has 1 aromatic rings. The van der Waals surface area contributed by atoms with Gasteiger partial charge in [-0.25, -0.2) is 0 Å². The number of carbonyl (C=O) groups excluding carboxylic acids is 1. The lowest BCUT2D eigenvalue weighted by molar-refractivity contribution is -0.146. The smallest absolute Gasteiger partial charge is 0.226 e. The molecule has 5 aliphatic rings. The fourth-order valence-corrected chi connectivity index (χ4v) is 6.86. The minimum atomic E-state index is -0.0522. The van der Waals surface area contributed by atoms with Gasteiger partial charge in [-0.05, 0) is 101 Å². The predicted molar refractivity (Wildman–Crippen MR) is 101 cm³/mol. The Morgan fingerprint density at radius 3 is 2.31 bits per heavy atom. The van der Waals surface area contributed by atoms with Crippen molar-refractivity contribution in [3.63, 3.8) is 0 Å². The number of hydrogen-bond donors (Lipinski definition) is 1. The highest BCUT2D eigenvalue weighted by Crippen LogP contribution is 2.60. The van der Waals surface area contributed by atoms with Gasteiger partial charge in [0, 0.05) is 12.0 Å². The fourth-order valence-electron chi connectivity index (χ4n) is 6.86. The number of nitrogens with zero attached hydrogens (tertiary/aromatic N) is 1. The molecule has 0 radical (unpaired) electrons. The van der Waals surface area contributed by atoms with E-state index in [0.717, 1.165) is 61.6 Å². The van der Waals surface area contributed by atoms with Crippen molar-refractivity contribution in [3.8, 4) is 0 Å². The van der Waals surface area contributed by atoms with Crippen LogP contribution in [-0.4, -0.2) is 30.4 Å². The minimum absolute atomic E-state index is 0.0522. The first-order chi connectivity index (χ1) is 12.6. The maximum atomic E-state index is 13.3. The van der Waals surface area contributed by atoms with Gasteiger partial charge < -0.3 is 9.73 Å². The van der Waals surface area contributed by atoms with Crippen LogP contribution in [0.15, 0.2) is 16.5 Å². The van der Waals surface area contributed by atoms with Crippen LogP contribution in [0.5, 0.6) is 0 Å². The lowest BCUT2D eigenvalue weighted by Crippen LogP contribution is -2.54. The maximum Gasteiger partial charge on any atom is 0.226 e. The highest BCUT2D eigenvalue weighted by molar-refractivity contribution is 5.83. The highest BCUT2D eigenvalue weighted by atomic mass is 16.3. The largest absolute Gasteiger partial charge is 0.465 e. The molecule has 1 unspecified atom stereocenters. The zero-order valence-corrected chi connectivity index (χ0v) is 16.0. The maximum absolute atomic E-state index is 13.3. The van der Waals surface area contributed by atoms with E-state index < -0.39 is 0 Å². The summed E-state index contributed by atoms with van der Waals surface area (Å²) in [6.45, 7) is 4.90. The third-order valence-electron chi connectivity index (χ3n) is 7.65. The number of carbonyl (C=O) groups is 1. The average molecular weight is 357 g/mol. The highest BCUT2D eigenvalue weighted by Gasteiger charge is 2.54. The Labute approximate surface area is 156 Å². The van der Waals surface area contributed by atoms with Crippen molar-refractivity contribution >= 4 is 5.91 Å². The lowest BCUT2D eigenvalue weighted by atomic mass is 9.49. The van der Waals surface area contributed by atoms with Gasteiger partial charge in [0.1, 0.15) is 11.5 Å². The molecule has 5 fully saturated rings. The zero-order chi connectivity index (χ0) is 17.7. The number of aryl methyl sites for hydroxylation is 1. The summed E-state index contributed by atoms with van der Waals surface area (Å²) in [6.07, 6.45) is 10.1. The molecule has 142 valence electrons. The van der Waals surface area contributed by atoms with E-state index >= 15 is 0 Å². The van der Waals surface area contributed by atoms with Crippen molar-refractivity contribution in [2.75, 3.05) is 19.6 Å². The molecule has 0 aromatic carbocycles. The van der Waals surface area contributed by atoms with Crippen molar-refractivity contribution < 1.29 is 9.21 Å². The standard InChI is InChI=1S/C22H32N2O2/c1-15-4-5-20(26-15)19(24-6-2-3-7-24)14-23-21(25)22-11-16-8-17(12-22)10-18(9-16)13-22/h4-5,16-19H,2-3,6-14H2,1H3,(H,23,25). The fraction of sp³-hybridized carbons (Fsp3) is 0.773. The van der Waals surface area contributed by atoms with Gasteiger partial charge in [-0.3, -0.25) is 9.69 Å². The molecule has 4 aliphatic carbocycles. The van der Waals surface area contributed by atoms with E-state index in [1.807, 2.05) is 13.0 Å². The van der Waals surface area contributed by atoms with Crippen LogP contribution in [0.4, 0.5) is 0 Å². The molecule has 4 heteroatoms. The molecule has 1 amide bonds. The molecule has 4 saturated carbocycles. The first-order valence-corrected chi connectivity index (χ1v) is 10.7. The molecular formula is C22H32N2O2. The number of rotatable bonds is 5. The number of nitrogens with one attached hydrogen (secondary N) is 1. The SMILES string of the molecule is Cc1ccc(C(CNC(=O)C23CC4CC(CC(C4)C2)C3)N2CCCC2)o1. The molecule has 6 rings (SSSR count). The van der Waals surface area contributed by atoms with Crippen molar-refractivity contribution in [2.45, 2.75) is 64.3 Å². The Kier molecular flexibility index (Phi) is 4.15. The van der Waals surface area contributed by atoms with Crippen LogP contribution in [0.1, 0.15) is 68.9 Å². The van der Waals surface area contributed by atoms with Crippen LogP contribution in [0.2, 0.25) is 0 Å². The van der Waals surface area contributed by atoms with E-state index in [9.17, 15) is 4.79 Å². The summed E-state index contributed by atoms with van der Waals surface area (Å²) >= 11 is 0. The Balaban J connectivity index is 1.29. The second kappa shape index (κ2) is 6.40. The van der Waals surface area contributed by atoms with Crippen LogP contribution >= 0.6 is 0 Å². The van der Waals surface area contributed by atoms with Crippen molar-refractivity contribution in [1.29, 1.82) is 0 Å². The molecule has 2 heterocycles. The molecule has 1 aromatic heterocycles. The van der Waals surface area contributed by atoms with E-state index in [1.165, 1.54) is 32.1 Å². The summed E-state index contributed by atoms with van der Waals surface area (Å²) in [6, 6.07) is 4.32. The topological polar surface area (TPSA) is 45.5 Å². The summed E-state index contributed by atoms with van der Waals surface area (Å²) in [5, 5.41) is 3.38. The van der Waals surface area contributed by atoms with Gasteiger partial charge in [-0.1, -0.05) is 0 Å². The summed E-state index contributed by atoms with van der Waals surface area (Å²) < 4.78 is 5.95. The van der Waals surface area contributed by atoms with Crippen LogP contribution in [0, 0.1) is 30.1 Å². The summed E-state index contributed by atoms with van der Waals surface area (Å²) in [5.74, 6) is 4.74. The quantitative estimate of drug-likeness (QED) is 0.865.